The van der Waals surface area contributed by atoms with Gasteiger partial charge in [-0.15, -0.1) is 0 Å². The van der Waals surface area contributed by atoms with Gasteiger partial charge in [-0.2, -0.15) is 8.78 Å². The van der Waals surface area contributed by atoms with E-state index >= 15 is 0 Å². The minimum atomic E-state index is -4.37. The van der Waals surface area contributed by atoms with E-state index in [2.05, 4.69) is 11.8 Å². The first kappa shape index (κ1) is 16.9. The Morgan fingerprint density at radius 1 is 1.38 bits per heavy atom. The monoisotopic (exact) mass is 306 g/mol. The molecule has 3 nitrogen and oxygen atoms in total. The number of carbonyl (C=O) groups is 1. The third-order valence-electron chi connectivity index (χ3n) is 2.36. The molecule has 0 fully saturated rings. The van der Waals surface area contributed by atoms with Crippen LogP contribution in [0.2, 0.25) is 0 Å². The van der Waals surface area contributed by atoms with Gasteiger partial charge < -0.3 is 11.1 Å². The molecule has 0 aliphatic heterocycles. The average molecular weight is 306 g/mol. The van der Waals surface area contributed by atoms with Crippen molar-refractivity contribution in [3.8, 4) is 11.8 Å². The fraction of sp³-hybridized carbons (Fsp3) is 0.308. The molecule has 1 rings (SSSR count). The summed E-state index contributed by atoms with van der Waals surface area (Å²) in [4.78, 5) is 11.7. The van der Waals surface area contributed by atoms with E-state index < -0.39 is 30.6 Å². The van der Waals surface area contributed by atoms with Crippen LogP contribution in [-0.2, 0) is 0 Å². The van der Waals surface area contributed by atoms with Gasteiger partial charge in [0.25, 0.3) is 5.91 Å². The SMILES string of the molecule is NCC#Cc1ccc(F)cc1C(=O)NCC(F)(F)C(F)F. The largest absolute Gasteiger partial charge is 0.346 e. The predicted molar refractivity (Wildman–Crippen MR) is 65.6 cm³/mol. The zero-order valence-corrected chi connectivity index (χ0v) is 10.6. The number of nitrogens with two attached hydrogens (primary N) is 1. The number of benzene rings is 1. The normalized spacial score (nSPS) is 11.0. The fourth-order valence-electron chi connectivity index (χ4n) is 1.33. The number of nitrogens with one attached hydrogen (secondary N) is 1. The third kappa shape index (κ3) is 4.72. The predicted octanol–water partition coefficient (Wildman–Crippen LogP) is 1.77. The molecule has 8 heteroatoms. The van der Waals surface area contributed by atoms with Gasteiger partial charge in [0.1, 0.15) is 5.82 Å². The second-order valence-corrected chi connectivity index (χ2v) is 3.94. The smallest absolute Gasteiger partial charge is 0.324 e. The molecular weight excluding hydrogens is 295 g/mol. The molecule has 1 aromatic carbocycles. The summed E-state index contributed by atoms with van der Waals surface area (Å²) in [6, 6.07) is 2.96. The zero-order chi connectivity index (χ0) is 16.0. The second kappa shape index (κ2) is 7.04. The van der Waals surface area contributed by atoms with Crippen LogP contribution in [0.3, 0.4) is 0 Å². The van der Waals surface area contributed by atoms with Gasteiger partial charge in [0.05, 0.1) is 18.7 Å². The maximum Gasteiger partial charge on any atom is 0.324 e. The number of carbonyl (C=O) groups excluding carboxylic acids is 1. The maximum atomic E-state index is 13.1. The molecule has 0 aromatic heterocycles. The van der Waals surface area contributed by atoms with Crippen molar-refractivity contribution >= 4 is 5.91 Å². The van der Waals surface area contributed by atoms with E-state index in [1.807, 2.05) is 0 Å². The summed E-state index contributed by atoms with van der Waals surface area (Å²) in [6.07, 6.45) is -3.91. The van der Waals surface area contributed by atoms with Gasteiger partial charge in [0, 0.05) is 5.56 Å². The van der Waals surface area contributed by atoms with E-state index in [9.17, 15) is 26.7 Å². The van der Waals surface area contributed by atoms with Crippen LogP contribution in [0.5, 0.6) is 0 Å². The van der Waals surface area contributed by atoms with Crippen LogP contribution >= 0.6 is 0 Å². The third-order valence-corrected chi connectivity index (χ3v) is 2.36. The van der Waals surface area contributed by atoms with E-state index in [4.69, 9.17) is 5.73 Å². The van der Waals surface area contributed by atoms with Crippen molar-refractivity contribution in [2.75, 3.05) is 13.1 Å². The number of rotatable bonds is 4. The Bertz CT molecular complexity index is 578. The highest BCUT2D eigenvalue weighted by Gasteiger charge is 2.40. The van der Waals surface area contributed by atoms with Gasteiger partial charge in [-0.25, -0.2) is 13.2 Å². The Labute approximate surface area is 117 Å². The Balaban J connectivity index is 2.94. The molecule has 0 atom stereocenters. The summed E-state index contributed by atoms with van der Waals surface area (Å²) in [5.41, 5.74) is 4.87. The van der Waals surface area contributed by atoms with E-state index in [1.54, 1.807) is 5.32 Å². The van der Waals surface area contributed by atoms with Crippen molar-refractivity contribution in [1.29, 1.82) is 0 Å². The van der Waals surface area contributed by atoms with Crippen LogP contribution in [0.1, 0.15) is 15.9 Å². The fourth-order valence-corrected chi connectivity index (χ4v) is 1.33. The molecule has 0 saturated carbocycles. The van der Waals surface area contributed by atoms with E-state index in [-0.39, 0.29) is 17.7 Å². The lowest BCUT2D eigenvalue weighted by atomic mass is 10.1. The number of hydrogen-bond donors (Lipinski definition) is 2. The minimum Gasteiger partial charge on any atom is -0.346 e. The van der Waals surface area contributed by atoms with Crippen LogP contribution in [0.15, 0.2) is 18.2 Å². The number of hydrogen-bond acceptors (Lipinski definition) is 2. The molecule has 3 N–H and O–H groups in total. The van der Waals surface area contributed by atoms with Crippen LogP contribution in [0.25, 0.3) is 0 Å². The van der Waals surface area contributed by atoms with Crippen molar-refractivity contribution in [2.24, 2.45) is 5.73 Å². The van der Waals surface area contributed by atoms with Gasteiger partial charge in [-0.3, -0.25) is 4.79 Å². The van der Waals surface area contributed by atoms with Gasteiger partial charge >= 0.3 is 12.3 Å². The molecule has 0 spiro atoms. The van der Waals surface area contributed by atoms with E-state index in [0.29, 0.717) is 0 Å². The highest BCUT2D eigenvalue weighted by Crippen LogP contribution is 2.21. The molecule has 0 unspecified atom stereocenters. The molecule has 1 aromatic rings. The highest BCUT2D eigenvalue weighted by molar-refractivity contribution is 5.96. The van der Waals surface area contributed by atoms with Crippen molar-refractivity contribution in [3.63, 3.8) is 0 Å². The molecule has 1 amide bonds. The van der Waals surface area contributed by atoms with Gasteiger partial charge in [-0.1, -0.05) is 11.8 Å². The zero-order valence-electron chi connectivity index (χ0n) is 10.6. The summed E-state index contributed by atoms with van der Waals surface area (Å²) >= 11 is 0. The minimum absolute atomic E-state index is 0.0259. The van der Waals surface area contributed by atoms with Crippen molar-refractivity contribution < 1.29 is 26.7 Å². The lowest BCUT2D eigenvalue weighted by Crippen LogP contribution is -2.41. The summed E-state index contributed by atoms with van der Waals surface area (Å²) in [5.74, 6) is -1.41. The van der Waals surface area contributed by atoms with Crippen molar-refractivity contribution in [3.05, 3.63) is 35.1 Å². The lowest BCUT2D eigenvalue weighted by Gasteiger charge is -2.16. The Morgan fingerprint density at radius 2 is 2.05 bits per heavy atom. The van der Waals surface area contributed by atoms with Crippen molar-refractivity contribution in [1.82, 2.24) is 5.32 Å². The molecule has 0 bridgehead atoms. The van der Waals surface area contributed by atoms with Crippen LogP contribution in [0.4, 0.5) is 22.0 Å². The molecule has 0 radical (unpaired) electrons. The maximum absolute atomic E-state index is 13.1. The second-order valence-electron chi connectivity index (χ2n) is 3.94. The summed E-state index contributed by atoms with van der Waals surface area (Å²) in [5, 5.41) is 1.63. The van der Waals surface area contributed by atoms with E-state index in [1.165, 1.54) is 0 Å². The topological polar surface area (TPSA) is 55.1 Å². The molecule has 0 aliphatic rings. The first-order valence-electron chi connectivity index (χ1n) is 5.70. The average Bonchev–Trinajstić information content (AvgIpc) is 2.43. The molecule has 0 aliphatic carbocycles. The molecule has 0 saturated heterocycles. The van der Waals surface area contributed by atoms with Gasteiger partial charge in [0.15, 0.2) is 0 Å². The van der Waals surface area contributed by atoms with Crippen LogP contribution in [-0.4, -0.2) is 31.3 Å². The number of amides is 1. The quantitative estimate of drug-likeness (QED) is 0.658. The number of halogens is 5. The first-order valence-corrected chi connectivity index (χ1v) is 5.70. The first-order chi connectivity index (χ1) is 9.77. The van der Waals surface area contributed by atoms with Crippen molar-refractivity contribution in [2.45, 2.75) is 12.3 Å². The van der Waals surface area contributed by atoms with E-state index in [0.717, 1.165) is 18.2 Å². The molecule has 114 valence electrons. The highest BCUT2D eigenvalue weighted by atomic mass is 19.3. The van der Waals surface area contributed by atoms with Gasteiger partial charge in [-0.05, 0) is 18.2 Å². The van der Waals surface area contributed by atoms with Crippen LogP contribution < -0.4 is 11.1 Å². The van der Waals surface area contributed by atoms with Crippen LogP contribution in [0, 0.1) is 17.7 Å². The Hall–Kier alpha value is -2.14. The molecule has 0 heterocycles. The molecular formula is C13H11F5N2O. The summed E-state index contributed by atoms with van der Waals surface area (Å²) in [6.45, 7) is -1.59. The summed E-state index contributed by atoms with van der Waals surface area (Å²) in [7, 11) is 0. The van der Waals surface area contributed by atoms with Gasteiger partial charge in [0.2, 0.25) is 0 Å². The summed E-state index contributed by atoms with van der Waals surface area (Å²) < 4.78 is 62.5. The molecule has 21 heavy (non-hydrogen) atoms. The Morgan fingerprint density at radius 3 is 2.62 bits per heavy atom. The lowest BCUT2D eigenvalue weighted by molar-refractivity contribution is -0.123. The Kier molecular flexibility index (Phi) is 5.67. The standard InChI is InChI=1S/C13H11F5N2O/c14-9-4-3-8(2-1-5-19)10(6-9)11(21)20-7-13(17,18)12(15)16/h3-4,6,12H,5,7,19H2,(H,20,21). The number of alkyl halides is 4.